The first-order chi connectivity index (χ1) is 16.6. The van der Waals surface area contributed by atoms with Gasteiger partial charge in [0.2, 0.25) is 0 Å². The summed E-state index contributed by atoms with van der Waals surface area (Å²) in [5, 5.41) is 8.90. The largest absolute Gasteiger partial charge is 0.418 e. The minimum Gasteiger partial charge on any atom is -0.378 e. The second-order valence-electron chi connectivity index (χ2n) is 8.06. The fourth-order valence-corrected chi connectivity index (χ4v) is 3.73. The second-order valence-corrected chi connectivity index (χ2v) is 8.06. The van der Waals surface area contributed by atoms with Crippen LogP contribution >= 0.6 is 0 Å². The topological polar surface area (TPSA) is 96.7 Å². The predicted octanol–water partition coefficient (Wildman–Crippen LogP) is 4.65. The van der Waals surface area contributed by atoms with E-state index in [1.807, 2.05) is 0 Å². The maximum Gasteiger partial charge on any atom is 0.418 e. The molecular formula is C24H23F3N4O4. The number of ether oxygens (including phenoxy) is 1. The van der Waals surface area contributed by atoms with E-state index in [1.165, 1.54) is 24.4 Å². The average molecular weight is 488 g/mol. The van der Waals surface area contributed by atoms with Gasteiger partial charge >= 0.3 is 6.18 Å². The molecule has 0 saturated carbocycles. The molecule has 0 bridgehead atoms. The summed E-state index contributed by atoms with van der Waals surface area (Å²) in [4.78, 5) is 26.9. The lowest BCUT2D eigenvalue weighted by Crippen LogP contribution is -2.37. The number of hydrogen-bond donors (Lipinski definition) is 2. The number of nitrogens with zero attached hydrogens (tertiary/aromatic N) is 2. The van der Waals surface area contributed by atoms with E-state index < -0.39 is 23.6 Å². The average Bonchev–Trinajstić information content (AvgIpc) is 3.27. The van der Waals surface area contributed by atoms with Crippen LogP contribution in [0.2, 0.25) is 0 Å². The van der Waals surface area contributed by atoms with Gasteiger partial charge in [-0.2, -0.15) is 13.2 Å². The highest BCUT2D eigenvalue weighted by atomic mass is 19.4. The molecule has 35 heavy (non-hydrogen) atoms. The van der Waals surface area contributed by atoms with Gasteiger partial charge in [0, 0.05) is 35.7 Å². The van der Waals surface area contributed by atoms with E-state index in [0.29, 0.717) is 43.4 Å². The van der Waals surface area contributed by atoms with Crippen molar-refractivity contribution in [3.63, 3.8) is 0 Å². The Labute approximate surface area is 199 Å². The SMILES string of the molecule is Cc1ccc(NC(=O)c2ccc(N3CCOCC3)c(C(F)(F)F)c2)cc1NC(=O)c1cnoc1C. The highest BCUT2D eigenvalue weighted by Crippen LogP contribution is 2.37. The molecule has 2 N–H and O–H groups in total. The molecule has 1 aliphatic heterocycles. The first-order valence-electron chi connectivity index (χ1n) is 10.8. The molecule has 0 atom stereocenters. The zero-order valence-corrected chi connectivity index (χ0v) is 19.0. The fraction of sp³-hybridized carbons (Fsp3) is 0.292. The van der Waals surface area contributed by atoms with Crippen LogP contribution in [-0.2, 0) is 10.9 Å². The molecule has 2 amide bonds. The molecule has 11 heteroatoms. The maximum absolute atomic E-state index is 13.8. The van der Waals surface area contributed by atoms with Crippen molar-refractivity contribution in [1.82, 2.24) is 5.16 Å². The molecule has 1 saturated heterocycles. The molecule has 2 heterocycles. The molecule has 1 aromatic heterocycles. The summed E-state index contributed by atoms with van der Waals surface area (Å²) < 4.78 is 51.5. The van der Waals surface area contributed by atoms with E-state index in [9.17, 15) is 22.8 Å². The van der Waals surface area contributed by atoms with E-state index in [2.05, 4.69) is 15.8 Å². The summed E-state index contributed by atoms with van der Waals surface area (Å²) in [5.41, 5.74) is 0.713. The minimum absolute atomic E-state index is 0.0155. The summed E-state index contributed by atoms with van der Waals surface area (Å²) in [7, 11) is 0. The molecule has 4 rings (SSSR count). The Bertz CT molecular complexity index is 1250. The van der Waals surface area contributed by atoms with Crippen molar-refractivity contribution >= 4 is 28.9 Å². The number of nitrogens with one attached hydrogen (secondary N) is 2. The molecular weight excluding hydrogens is 465 g/mol. The number of benzene rings is 2. The van der Waals surface area contributed by atoms with Crippen LogP contribution in [0.25, 0.3) is 0 Å². The van der Waals surface area contributed by atoms with Gasteiger partial charge in [-0.1, -0.05) is 11.2 Å². The van der Waals surface area contributed by atoms with Gasteiger partial charge in [-0.05, 0) is 49.7 Å². The second kappa shape index (κ2) is 9.79. The Kier molecular flexibility index (Phi) is 6.79. The zero-order valence-electron chi connectivity index (χ0n) is 19.0. The van der Waals surface area contributed by atoms with Crippen LogP contribution in [0.15, 0.2) is 47.1 Å². The molecule has 3 aromatic rings. The molecule has 1 fully saturated rings. The smallest absolute Gasteiger partial charge is 0.378 e. The van der Waals surface area contributed by atoms with Crippen molar-refractivity contribution in [2.45, 2.75) is 20.0 Å². The summed E-state index contributed by atoms with van der Waals surface area (Å²) in [6.07, 6.45) is -3.34. The van der Waals surface area contributed by atoms with Crippen molar-refractivity contribution in [2.24, 2.45) is 0 Å². The van der Waals surface area contributed by atoms with Crippen LogP contribution in [0, 0.1) is 13.8 Å². The first kappa shape index (κ1) is 24.3. The number of hydrogen-bond acceptors (Lipinski definition) is 6. The van der Waals surface area contributed by atoms with Gasteiger partial charge in [0.15, 0.2) is 0 Å². The number of alkyl halides is 3. The van der Waals surface area contributed by atoms with Gasteiger partial charge in [-0.3, -0.25) is 9.59 Å². The summed E-state index contributed by atoms with van der Waals surface area (Å²) >= 11 is 0. The van der Waals surface area contributed by atoms with Crippen LogP contribution < -0.4 is 15.5 Å². The Morgan fingerprint density at radius 2 is 1.74 bits per heavy atom. The molecule has 0 unspecified atom stereocenters. The number of aryl methyl sites for hydroxylation is 2. The van der Waals surface area contributed by atoms with Gasteiger partial charge in [0.25, 0.3) is 11.8 Å². The van der Waals surface area contributed by atoms with Gasteiger partial charge in [-0.15, -0.1) is 0 Å². The van der Waals surface area contributed by atoms with Gasteiger partial charge in [-0.25, -0.2) is 0 Å². The van der Waals surface area contributed by atoms with Crippen LogP contribution in [0.3, 0.4) is 0 Å². The first-order valence-corrected chi connectivity index (χ1v) is 10.8. The van der Waals surface area contributed by atoms with Crippen molar-refractivity contribution < 1.29 is 32.0 Å². The lowest BCUT2D eigenvalue weighted by atomic mass is 10.1. The van der Waals surface area contributed by atoms with Crippen LogP contribution in [0.1, 0.15) is 37.6 Å². The van der Waals surface area contributed by atoms with E-state index in [1.54, 1.807) is 30.9 Å². The van der Waals surface area contributed by atoms with Gasteiger partial charge in [0.05, 0.1) is 25.0 Å². The number of halogens is 3. The zero-order chi connectivity index (χ0) is 25.2. The fourth-order valence-electron chi connectivity index (χ4n) is 3.73. The Morgan fingerprint density at radius 3 is 2.40 bits per heavy atom. The molecule has 0 spiro atoms. The highest BCUT2D eigenvalue weighted by Gasteiger charge is 2.36. The van der Waals surface area contributed by atoms with E-state index in [4.69, 9.17) is 9.26 Å². The third-order valence-electron chi connectivity index (χ3n) is 5.65. The van der Waals surface area contributed by atoms with Crippen molar-refractivity contribution in [1.29, 1.82) is 0 Å². The predicted molar refractivity (Wildman–Crippen MR) is 123 cm³/mol. The lowest BCUT2D eigenvalue weighted by Gasteiger charge is -2.31. The van der Waals surface area contributed by atoms with Crippen molar-refractivity contribution in [3.05, 3.63) is 70.6 Å². The summed E-state index contributed by atoms with van der Waals surface area (Å²) in [6, 6.07) is 8.33. The van der Waals surface area contributed by atoms with Gasteiger partial charge < -0.3 is 24.8 Å². The molecule has 1 aliphatic rings. The number of amides is 2. The van der Waals surface area contributed by atoms with Crippen LogP contribution in [0.5, 0.6) is 0 Å². The Balaban J connectivity index is 1.55. The maximum atomic E-state index is 13.8. The number of anilines is 3. The number of carbonyl (C=O) groups excluding carboxylic acids is 2. The summed E-state index contributed by atoms with van der Waals surface area (Å²) in [5.74, 6) is -0.797. The van der Waals surface area contributed by atoms with Gasteiger partial charge in [0.1, 0.15) is 11.3 Å². The number of morpholine rings is 1. The normalized spacial score (nSPS) is 14.0. The standard InChI is InChI=1S/C24H23F3N4O4/c1-14-3-5-17(12-20(14)30-23(33)18-13-28-35-15(18)2)29-22(32)16-4-6-21(19(11-16)24(25,26)27)31-7-9-34-10-8-31/h3-6,11-13H,7-10H2,1-2H3,(H,29,32)(H,30,33). The summed E-state index contributed by atoms with van der Waals surface area (Å²) in [6.45, 7) is 4.71. The third-order valence-corrected chi connectivity index (χ3v) is 5.65. The van der Waals surface area contributed by atoms with Crippen molar-refractivity contribution in [3.8, 4) is 0 Å². The van der Waals surface area contributed by atoms with E-state index in [-0.39, 0.29) is 16.8 Å². The monoisotopic (exact) mass is 488 g/mol. The lowest BCUT2D eigenvalue weighted by molar-refractivity contribution is -0.137. The third kappa shape index (κ3) is 5.46. The minimum atomic E-state index is -4.63. The van der Waals surface area contributed by atoms with Crippen LogP contribution in [-0.4, -0.2) is 43.3 Å². The number of aromatic nitrogens is 1. The molecule has 0 aliphatic carbocycles. The van der Waals surface area contributed by atoms with E-state index >= 15 is 0 Å². The van der Waals surface area contributed by atoms with Crippen LogP contribution in [0.4, 0.5) is 30.2 Å². The Hall–Kier alpha value is -3.86. The Morgan fingerprint density at radius 1 is 1.00 bits per heavy atom. The number of carbonyl (C=O) groups is 2. The van der Waals surface area contributed by atoms with E-state index in [0.717, 1.165) is 11.6 Å². The molecule has 8 nitrogen and oxygen atoms in total. The number of rotatable bonds is 5. The van der Waals surface area contributed by atoms with Crippen molar-refractivity contribution in [2.75, 3.05) is 41.8 Å². The molecule has 184 valence electrons. The quantitative estimate of drug-likeness (QED) is 0.543. The molecule has 2 aromatic carbocycles. The highest BCUT2D eigenvalue weighted by molar-refractivity contribution is 6.07. The molecule has 0 radical (unpaired) electrons.